The number of aromatic nitrogens is 1. The summed E-state index contributed by atoms with van der Waals surface area (Å²) in [5.41, 5.74) is 0.543. The molecule has 1 amide bonds. The van der Waals surface area contributed by atoms with Gasteiger partial charge in [-0.1, -0.05) is 23.7 Å². The van der Waals surface area contributed by atoms with Gasteiger partial charge in [0.2, 0.25) is 5.88 Å². The molecule has 1 aromatic heterocycles. The number of amides is 1. The van der Waals surface area contributed by atoms with Gasteiger partial charge in [-0.05, 0) is 25.1 Å². The number of carbonyl (C=O) groups excluding carboxylic acids is 1. The molecule has 0 fully saturated rings. The predicted octanol–water partition coefficient (Wildman–Crippen LogP) is 3.20. The summed E-state index contributed by atoms with van der Waals surface area (Å²) in [4.78, 5) is 16.1. The molecule has 0 spiro atoms. The maximum Gasteiger partial charge on any atom is 0.256 e. The van der Waals surface area contributed by atoms with Crippen molar-refractivity contribution in [3.63, 3.8) is 0 Å². The van der Waals surface area contributed by atoms with Crippen molar-refractivity contribution >= 4 is 17.5 Å². The minimum absolute atomic E-state index is 0.0729. The van der Waals surface area contributed by atoms with Crippen LogP contribution in [0.4, 0.5) is 4.39 Å². The molecule has 0 saturated carbocycles. The van der Waals surface area contributed by atoms with Gasteiger partial charge >= 0.3 is 0 Å². The van der Waals surface area contributed by atoms with E-state index in [1.54, 1.807) is 18.3 Å². The van der Waals surface area contributed by atoms with E-state index in [1.165, 1.54) is 18.2 Å². The van der Waals surface area contributed by atoms with Crippen molar-refractivity contribution in [2.45, 2.75) is 13.5 Å². The van der Waals surface area contributed by atoms with Crippen molar-refractivity contribution in [2.24, 2.45) is 0 Å². The van der Waals surface area contributed by atoms with E-state index in [1.807, 2.05) is 6.92 Å². The molecule has 1 N–H and O–H groups in total. The predicted molar refractivity (Wildman–Crippen MR) is 78.0 cm³/mol. The zero-order valence-electron chi connectivity index (χ0n) is 11.4. The minimum atomic E-state index is -0.656. The van der Waals surface area contributed by atoms with Crippen LogP contribution in [0.1, 0.15) is 22.8 Å². The number of benzene rings is 1. The van der Waals surface area contributed by atoms with Gasteiger partial charge in [0.15, 0.2) is 0 Å². The number of pyridine rings is 1. The number of nitrogens with zero attached hydrogens (tertiary/aromatic N) is 1. The Hall–Kier alpha value is -2.14. The second-order valence-corrected chi connectivity index (χ2v) is 4.59. The summed E-state index contributed by atoms with van der Waals surface area (Å²) >= 11 is 5.85. The van der Waals surface area contributed by atoms with Crippen LogP contribution in [0.3, 0.4) is 0 Å². The molecule has 2 aromatic rings. The first-order valence-corrected chi connectivity index (χ1v) is 6.80. The Balaban J connectivity index is 2.11. The van der Waals surface area contributed by atoms with Crippen LogP contribution < -0.4 is 10.1 Å². The summed E-state index contributed by atoms with van der Waals surface area (Å²) in [5.74, 6) is -0.791. The van der Waals surface area contributed by atoms with Crippen LogP contribution in [-0.2, 0) is 6.54 Å². The lowest BCUT2D eigenvalue weighted by Crippen LogP contribution is -2.24. The number of nitrogens with one attached hydrogen (secondary N) is 1. The second kappa shape index (κ2) is 7.04. The molecular formula is C15H14ClFN2O2. The quantitative estimate of drug-likeness (QED) is 0.923. The zero-order chi connectivity index (χ0) is 15.2. The van der Waals surface area contributed by atoms with Crippen molar-refractivity contribution in [3.05, 3.63) is 58.5 Å². The molecule has 0 radical (unpaired) electrons. The maximum atomic E-state index is 13.6. The summed E-state index contributed by atoms with van der Waals surface area (Å²) in [6.45, 7) is 2.49. The molecule has 6 heteroatoms. The number of carbonyl (C=O) groups is 1. The van der Waals surface area contributed by atoms with E-state index in [2.05, 4.69) is 10.3 Å². The Bertz CT molecular complexity index is 629. The number of halogens is 2. The van der Waals surface area contributed by atoms with Crippen LogP contribution in [0.5, 0.6) is 5.88 Å². The minimum Gasteiger partial charge on any atom is -0.478 e. The number of hydrogen-bond donors (Lipinski definition) is 1. The third-order valence-corrected chi connectivity index (χ3v) is 3.08. The molecule has 0 unspecified atom stereocenters. The van der Waals surface area contributed by atoms with Gasteiger partial charge in [0.05, 0.1) is 17.2 Å². The van der Waals surface area contributed by atoms with Crippen molar-refractivity contribution in [1.29, 1.82) is 0 Å². The summed E-state index contributed by atoms with van der Waals surface area (Å²) in [5, 5.41) is 2.69. The van der Waals surface area contributed by atoms with Crippen LogP contribution in [-0.4, -0.2) is 17.5 Å². The summed E-state index contributed by atoms with van der Waals surface area (Å²) in [7, 11) is 0. The SMILES string of the molecule is CCOc1ncccc1CNC(=O)c1c(F)cccc1Cl. The van der Waals surface area contributed by atoms with E-state index in [0.29, 0.717) is 18.1 Å². The Morgan fingerprint density at radius 1 is 1.38 bits per heavy atom. The topological polar surface area (TPSA) is 51.2 Å². The molecule has 0 aliphatic carbocycles. The molecule has 0 aliphatic heterocycles. The molecule has 1 heterocycles. The average Bonchev–Trinajstić information content (AvgIpc) is 2.46. The third-order valence-electron chi connectivity index (χ3n) is 2.76. The van der Waals surface area contributed by atoms with E-state index in [9.17, 15) is 9.18 Å². The number of rotatable bonds is 5. The molecule has 2 rings (SSSR count). The Morgan fingerprint density at radius 3 is 2.90 bits per heavy atom. The highest BCUT2D eigenvalue weighted by atomic mass is 35.5. The molecule has 110 valence electrons. The fourth-order valence-electron chi connectivity index (χ4n) is 1.80. The Labute approximate surface area is 126 Å². The lowest BCUT2D eigenvalue weighted by Gasteiger charge is -2.10. The fraction of sp³-hybridized carbons (Fsp3) is 0.200. The highest BCUT2D eigenvalue weighted by Gasteiger charge is 2.16. The summed E-state index contributed by atoms with van der Waals surface area (Å²) < 4.78 is 19.0. The smallest absolute Gasteiger partial charge is 0.256 e. The molecule has 0 atom stereocenters. The van der Waals surface area contributed by atoms with Crippen molar-refractivity contribution in [2.75, 3.05) is 6.61 Å². The monoisotopic (exact) mass is 308 g/mol. The van der Waals surface area contributed by atoms with Gasteiger partial charge in [-0.2, -0.15) is 0 Å². The zero-order valence-corrected chi connectivity index (χ0v) is 12.2. The van der Waals surface area contributed by atoms with E-state index < -0.39 is 11.7 Å². The summed E-state index contributed by atoms with van der Waals surface area (Å²) in [6.07, 6.45) is 1.60. The molecule has 4 nitrogen and oxygen atoms in total. The van der Waals surface area contributed by atoms with Gasteiger partial charge in [-0.15, -0.1) is 0 Å². The van der Waals surface area contributed by atoms with E-state index in [4.69, 9.17) is 16.3 Å². The van der Waals surface area contributed by atoms with Gasteiger partial charge in [0.1, 0.15) is 5.82 Å². The highest BCUT2D eigenvalue weighted by Crippen LogP contribution is 2.19. The van der Waals surface area contributed by atoms with Crippen LogP contribution in [0.25, 0.3) is 0 Å². The normalized spacial score (nSPS) is 10.2. The number of ether oxygens (including phenoxy) is 1. The maximum absolute atomic E-state index is 13.6. The molecule has 1 aromatic carbocycles. The molecule has 0 bridgehead atoms. The van der Waals surface area contributed by atoms with E-state index in [0.717, 1.165) is 0 Å². The largest absolute Gasteiger partial charge is 0.478 e. The van der Waals surface area contributed by atoms with Crippen molar-refractivity contribution in [1.82, 2.24) is 10.3 Å². The first-order chi connectivity index (χ1) is 10.1. The van der Waals surface area contributed by atoms with Gasteiger partial charge in [0.25, 0.3) is 5.91 Å². The van der Waals surface area contributed by atoms with E-state index in [-0.39, 0.29) is 17.1 Å². The van der Waals surface area contributed by atoms with Gasteiger partial charge in [-0.25, -0.2) is 9.37 Å². The van der Waals surface area contributed by atoms with Crippen molar-refractivity contribution in [3.8, 4) is 5.88 Å². The van der Waals surface area contributed by atoms with E-state index >= 15 is 0 Å². The Kier molecular flexibility index (Phi) is 5.11. The van der Waals surface area contributed by atoms with Gasteiger partial charge in [0, 0.05) is 18.3 Å². The van der Waals surface area contributed by atoms with Gasteiger partial charge in [-0.3, -0.25) is 4.79 Å². The lowest BCUT2D eigenvalue weighted by atomic mass is 10.2. The van der Waals surface area contributed by atoms with Gasteiger partial charge < -0.3 is 10.1 Å². The molecule has 21 heavy (non-hydrogen) atoms. The van der Waals surface area contributed by atoms with Crippen LogP contribution in [0, 0.1) is 5.82 Å². The number of hydrogen-bond acceptors (Lipinski definition) is 3. The first kappa shape index (κ1) is 15.3. The highest BCUT2D eigenvalue weighted by molar-refractivity contribution is 6.33. The van der Waals surface area contributed by atoms with Crippen LogP contribution in [0.2, 0.25) is 5.02 Å². The Morgan fingerprint density at radius 2 is 2.19 bits per heavy atom. The molecule has 0 aliphatic rings. The first-order valence-electron chi connectivity index (χ1n) is 6.42. The lowest BCUT2D eigenvalue weighted by molar-refractivity contribution is 0.0946. The molecular weight excluding hydrogens is 295 g/mol. The fourth-order valence-corrected chi connectivity index (χ4v) is 2.05. The second-order valence-electron chi connectivity index (χ2n) is 4.18. The van der Waals surface area contributed by atoms with Crippen LogP contribution >= 0.6 is 11.6 Å². The standard InChI is InChI=1S/C15H14ClFN2O2/c1-2-21-15-10(5-4-8-18-15)9-19-14(20)13-11(16)6-3-7-12(13)17/h3-8H,2,9H2,1H3,(H,19,20). The average molecular weight is 309 g/mol. The summed E-state index contributed by atoms with van der Waals surface area (Å²) in [6, 6.07) is 7.62. The molecule has 0 saturated heterocycles. The third kappa shape index (κ3) is 3.70. The van der Waals surface area contributed by atoms with Crippen molar-refractivity contribution < 1.29 is 13.9 Å². The van der Waals surface area contributed by atoms with Crippen LogP contribution in [0.15, 0.2) is 36.5 Å².